The molecule has 0 aliphatic carbocycles. The lowest BCUT2D eigenvalue weighted by Gasteiger charge is -2.12. The first-order valence-corrected chi connectivity index (χ1v) is 5.72. The second kappa shape index (κ2) is 5.96. The van der Waals surface area contributed by atoms with Crippen LogP contribution in [0.15, 0.2) is 22.7 Å². The summed E-state index contributed by atoms with van der Waals surface area (Å²) in [7, 11) is 1.57. The van der Waals surface area contributed by atoms with Crippen molar-refractivity contribution in [3.63, 3.8) is 0 Å². The highest BCUT2D eigenvalue weighted by Gasteiger charge is 2.11. The summed E-state index contributed by atoms with van der Waals surface area (Å²) in [6.07, 6.45) is 0. The highest BCUT2D eigenvalue weighted by Crippen LogP contribution is 2.15. The predicted molar refractivity (Wildman–Crippen MR) is 64.5 cm³/mol. The molecule has 0 spiro atoms. The molecule has 16 heavy (non-hydrogen) atoms. The summed E-state index contributed by atoms with van der Waals surface area (Å²) >= 11 is 3.27. The fraction of sp³-hybridized carbons (Fsp3) is 0.364. The van der Waals surface area contributed by atoms with Gasteiger partial charge in [0, 0.05) is 23.6 Å². The van der Waals surface area contributed by atoms with Crippen LogP contribution in [0.1, 0.15) is 12.5 Å². The molecule has 5 heteroatoms. The molecule has 0 radical (unpaired) electrons. The van der Waals surface area contributed by atoms with Gasteiger partial charge in [-0.25, -0.2) is 4.39 Å². The SMILES string of the molecule is CNC(=O)C(C)NCc1cc(Br)ccc1F. The number of halogens is 2. The van der Waals surface area contributed by atoms with Gasteiger partial charge in [0.15, 0.2) is 0 Å². The zero-order valence-electron chi connectivity index (χ0n) is 9.18. The molecule has 1 unspecified atom stereocenters. The van der Waals surface area contributed by atoms with Crippen LogP contribution < -0.4 is 10.6 Å². The summed E-state index contributed by atoms with van der Waals surface area (Å²) in [4.78, 5) is 11.2. The maximum absolute atomic E-state index is 13.3. The molecule has 1 rings (SSSR count). The Hall–Kier alpha value is -0.940. The number of rotatable bonds is 4. The van der Waals surface area contributed by atoms with Crippen molar-refractivity contribution in [2.45, 2.75) is 19.5 Å². The molecule has 1 aromatic rings. The first-order chi connectivity index (χ1) is 7.54. The summed E-state index contributed by atoms with van der Waals surface area (Å²) < 4.78 is 14.2. The monoisotopic (exact) mass is 288 g/mol. The lowest BCUT2D eigenvalue weighted by Crippen LogP contribution is -2.40. The van der Waals surface area contributed by atoms with Crippen LogP contribution in [-0.4, -0.2) is 19.0 Å². The van der Waals surface area contributed by atoms with E-state index in [1.54, 1.807) is 26.1 Å². The molecule has 2 N–H and O–H groups in total. The van der Waals surface area contributed by atoms with Crippen LogP contribution >= 0.6 is 15.9 Å². The number of benzene rings is 1. The van der Waals surface area contributed by atoms with Gasteiger partial charge in [-0.05, 0) is 25.1 Å². The minimum atomic E-state index is -0.344. The van der Waals surface area contributed by atoms with E-state index in [4.69, 9.17) is 0 Å². The van der Waals surface area contributed by atoms with Crippen molar-refractivity contribution in [1.29, 1.82) is 0 Å². The third kappa shape index (κ3) is 3.57. The minimum Gasteiger partial charge on any atom is -0.358 e. The third-order valence-corrected chi connectivity index (χ3v) is 2.74. The van der Waals surface area contributed by atoms with E-state index in [1.165, 1.54) is 6.07 Å². The van der Waals surface area contributed by atoms with Crippen molar-refractivity contribution in [1.82, 2.24) is 10.6 Å². The van der Waals surface area contributed by atoms with Crippen LogP contribution in [0.25, 0.3) is 0 Å². The Bertz CT molecular complexity index is 384. The Labute approximate surface area is 103 Å². The van der Waals surface area contributed by atoms with Crippen molar-refractivity contribution >= 4 is 21.8 Å². The Morgan fingerprint density at radius 2 is 2.25 bits per heavy atom. The fourth-order valence-corrected chi connectivity index (χ4v) is 1.66. The van der Waals surface area contributed by atoms with Gasteiger partial charge in [0.1, 0.15) is 5.82 Å². The van der Waals surface area contributed by atoms with Gasteiger partial charge in [0.05, 0.1) is 6.04 Å². The number of likely N-dealkylation sites (N-methyl/N-ethyl adjacent to an activating group) is 1. The van der Waals surface area contributed by atoms with Gasteiger partial charge in [0.2, 0.25) is 5.91 Å². The third-order valence-electron chi connectivity index (χ3n) is 2.25. The average molecular weight is 289 g/mol. The quantitative estimate of drug-likeness (QED) is 0.887. The van der Waals surface area contributed by atoms with Crippen LogP contribution in [0.3, 0.4) is 0 Å². The molecule has 1 atom stereocenters. The number of amides is 1. The van der Waals surface area contributed by atoms with Crippen LogP contribution in [0, 0.1) is 5.82 Å². The maximum atomic E-state index is 13.3. The Balaban J connectivity index is 2.60. The molecule has 3 nitrogen and oxygen atoms in total. The molecule has 0 bridgehead atoms. The van der Waals surface area contributed by atoms with Crippen molar-refractivity contribution in [2.24, 2.45) is 0 Å². The maximum Gasteiger partial charge on any atom is 0.236 e. The molecule has 0 fully saturated rings. The Morgan fingerprint density at radius 1 is 1.56 bits per heavy atom. The molecule has 0 heterocycles. The van der Waals surface area contributed by atoms with Crippen molar-refractivity contribution in [2.75, 3.05) is 7.05 Å². The largest absolute Gasteiger partial charge is 0.358 e. The first kappa shape index (κ1) is 13.1. The van der Waals surface area contributed by atoms with Crippen molar-refractivity contribution < 1.29 is 9.18 Å². The average Bonchev–Trinajstić information content (AvgIpc) is 2.28. The fourth-order valence-electron chi connectivity index (χ4n) is 1.25. The number of nitrogens with one attached hydrogen (secondary N) is 2. The summed E-state index contributed by atoms with van der Waals surface area (Å²) in [5.41, 5.74) is 0.533. The summed E-state index contributed by atoms with van der Waals surface area (Å²) in [5, 5.41) is 5.47. The topological polar surface area (TPSA) is 41.1 Å². The molecular weight excluding hydrogens is 275 g/mol. The van der Waals surface area contributed by atoms with Gasteiger partial charge in [-0.2, -0.15) is 0 Å². The molecule has 0 aliphatic heterocycles. The van der Waals surface area contributed by atoms with Crippen molar-refractivity contribution in [3.8, 4) is 0 Å². The normalized spacial score (nSPS) is 12.2. The lowest BCUT2D eigenvalue weighted by atomic mass is 10.2. The second-order valence-electron chi connectivity index (χ2n) is 3.45. The van der Waals surface area contributed by atoms with E-state index in [2.05, 4.69) is 26.6 Å². The molecule has 88 valence electrons. The van der Waals surface area contributed by atoms with Gasteiger partial charge in [0.25, 0.3) is 0 Å². The van der Waals surface area contributed by atoms with Crippen molar-refractivity contribution in [3.05, 3.63) is 34.1 Å². The van der Waals surface area contributed by atoms with Crippen LogP contribution in [-0.2, 0) is 11.3 Å². The highest BCUT2D eigenvalue weighted by atomic mass is 79.9. The number of carbonyl (C=O) groups is 1. The van der Waals surface area contributed by atoms with Crippen LogP contribution in [0.4, 0.5) is 4.39 Å². The highest BCUT2D eigenvalue weighted by molar-refractivity contribution is 9.10. The van der Waals surface area contributed by atoms with Gasteiger partial charge in [-0.15, -0.1) is 0 Å². The van der Waals surface area contributed by atoms with E-state index in [-0.39, 0.29) is 17.8 Å². The van der Waals surface area contributed by atoms with E-state index in [1.807, 2.05) is 0 Å². The minimum absolute atomic E-state index is 0.115. The smallest absolute Gasteiger partial charge is 0.236 e. The molecule has 0 aliphatic rings. The zero-order valence-corrected chi connectivity index (χ0v) is 10.8. The Morgan fingerprint density at radius 3 is 2.88 bits per heavy atom. The summed E-state index contributed by atoms with van der Waals surface area (Å²) in [5.74, 6) is -0.393. The van der Waals surface area contributed by atoms with E-state index >= 15 is 0 Å². The second-order valence-corrected chi connectivity index (χ2v) is 4.37. The van der Waals surface area contributed by atoms with Crippen LogP contribution in [0.2, 0.25) is 0 Å². The van der Waals surface area contributed by atoms with Gasteiger partial charge in [-0.3, -0.25) is 4.79 Å². The molecule has 1 aromatic carbocycles. The zero-order chi connectivity index (χ0) is 12.1. The molecule has 1 amide bonds. The van der Waals surface area contributed by atoms with Crippen LogP contribution in [0.5, 0.6) is 0 Å². The van der Waals surface area contributed by atoms with E-state index in [9.17, 15) is 9.18 Å². The van der Waals surface area contributed by atoms with Gasteiger partial charge < -0.3 is 10.6 Å². The standard InChI is InChI=1S/C11H14BrFN2O/c1-7(11(16)14-2)15-6-8-5-9(12)3-4-10(8)13/h3-5,7,15H,6H2,1-2H3,(H,14,16). The first-order valence-electron chi connectivity index (χ1n) is 4.93. The van der Waals surface area contributed by atoms with E-state index in [0.29, 0.717) is 12.1 Å². The number of hydrogen-bond donors (Lipinski definition) is 2. The van der Waals surface area contributed by atoms with E-state index < -0.39 is 0 Å². The summed E-state index contributed by atoms with van der Waals surface area (Å²) in [6, 6.07) is 4.38. The molecule has 0 saturated heterocycles. The van der Waals surface area contributed by atoms with E-state index in [0.717, 1.165) is 4.47 Å². The Kier molecular flexibility index (Phi) is 4.89. The number of carbonyl (C=O) groups excluding carboxylic acids is 1. The summed E-state index contributed by atoms with van der Waals surface area (Å²) in [6.45, 7) is 2.05. The molecule has 0 aromatic heterocycles. The number of hydrogen-bond acceptors (Lipinski definition) is 2. The molecule has 0 saturated carbocycles. The van der Waals surface area contributed by atoms with Gasteiger partial charge >= 0.3 is 0 Å². The van der Waals surface area contributed by atoms with Gasteiger partial charge in [-0.1, -0.05) is 15.9 Å². The molecular formula is C11H14BrFN2O. The lowest BCUT2D eigenvalue weighted by molar-refractivity contribution is -0.122. The predicted octanol–water partition coefficient (Wildman–Crippen LogP) is 1.81.